The Morgan fingerprint density at radius 3 is 2.83 bits per heavy atom. The maximum Gasteiger partial charge on any atom is 0.312 e. The minimum atomic E-state index is -0.343. The van der Waals surface area contributed by atoms with Crippen LogP contribution in [0.3, 0.4) is 0 Å². The maximum atomic E-state index is 12.0. The molecule has 0 bridgehead atoms. The van der Waals surface area contributed by atoms with Crippen LogP contribution in [0.2, 0.25) is 10.0 Å². The zero-order valence-corrected chi connectivity index (χ0v) is 14.7. The second-order valence-electron chi connectivity index (χ2n) is 4.97. The first-order valence-electron chi connectivity index (χ1n) is 7.06. The molecular formula is C17H12Cl2N2O2S. The molecule has 0 radical (unpaired) electrons. The summed E-state index contributed by atoms with van der Waals surface area (Å²) in [5.41, 5.74) is 2.39. The average molecular weight is 379 g/mol. The fraction of sp³-hybridized carbons (Fsp3) is 0.118. The van der Waals surface area contributed by atoms with Crippen molar-refractivity contribution in [3.05, 3.63) is 69.4 Å². The standard InChI is InChI=1S/C17H12Cl2N2O2S/c18-14-4-3-11(6-15(14)19)9-23-16(22)7-13-10-24-17(21-13)12-2-1-5-20-8-12/h1-6,8,10H,7,9H2. The average Bonchev–Trinajstić information content (AvgIpc) is 3.05. The number of carbonyl (C=O) groups is 1. The minimum absolute atomic E-state index is 0.123. The number of thiazole rings is 1. The first kappa shape index (κ1) is 16.9. The van der Waals surface area contributed by atoms with Gasteiger partial charge in [0.05, 0.1) is 22.2 Å². The van der Waals surface area contributed by atoms with Crippen molar-refractivity contribution in [2.45, 2.75) is 13.0 Å². The van der Waals surface area contributed by atoms with Gasteiger partial charge in [-0.25, -0.2) is 4.98 Å². The molecule has 2 heterocycles. The predicted molar refractivity (Wildman–Crippen MR) is 95.3 cm³/mol. The van der Waals surface area contributed by atoms with Crippen molar-refractivity contribution in [3.8, 4) is 10.6 Å². The smallest absolute Gasteiger partial charge is 0.312 e. The molecule has 0 saturated heterocycles. The summed E-state index contributed by atoms with van der Waals surface area (Å²) in [6, 6.07) is 8.90. The molecule has 0 fully saturated rings. The van der Waals surface area contributed by atoms with Crippen molar-refractivity contribution in [3.63, 3.8) is 0 Å². The van der Waals surface area contributed by atoms with E-state index in [0.717, 1.165) is 16.1 Å². The molecule has 24 heavy (non-hydrogen) atoms. The number of benzene rings is 1. The van der Waals surface area contributed by atoms with E-state index in [9.17, 15) is 4.79 Å². The fourth-order valence-electron chi connectivity index (χ4n) is 2.00. The summed E-state index contributed by atoms with van der Waals surface area (Å²) >= 11 is 13.3. The zero-order chi connectivity index (χ0) is 16.9. The van der Waals surface area contributed by atoms with Crippen LogP contribution in [0.15, 0.2) is 48.1 Å². The predicted octanol–water partition coefficient (Wildman–Crippen LogP) is 4.80. The number of esters is 1. The van der Waals surface area contributed by atoms with Gasteiger partial charge in [0.1, 0.15) is 11.6 Å². The van der Waals surface area contributed by atoms with Crippen LogP contribution >= 0.6 is 34.5 Å². The van der Waals surface area contributed by atoms with Gasteiger partial charge in [0.15, 0.2) is 0 Å². The molecule has 4 nitrogen and oxygen atoms in total. The maximum absolute atomic E-state index is 12.0. The van der Waals surface area contributed by atoms with Crippen LogP contribution in [0.25, 0.3) is 10.6 Å². The first-order valence-corrected chi connectivity index (χ1v) is 8.70. The molecule has 0 aliphatic carbocycles. The van der Waals surface area contributed by atoms with E-state index in [1.165, 1.54) is 11.3 Å². The summed E-state index contributed by atoms with van der Waals surface area (Å²) in [5.74, 6) is -0.343. The Hall–Kier alpha value is -1.95. The van der Waals surface area contributed by atoms with E-state index in [4.69, 9.17) is 27.9 Å². The molecule has 7 heteroatoms. The van der Waals surface area contributed by atoms with E-state index >= 15 is 0 Å². The fourth-order valence-corrected chi connectivity index (χ4v) is 3.13. The summed E-state index contributed by atoms with van der Waals surface area (Å²) in [6.07, 6.45) is 3.57. The summed E-state index contributed by atoms with van der Waals surface area (Å²) in [6.45, 7) is 0.148. The second kappa shape index (κ2) is 7.75. The van der Waals surface area contributed by atoms with Gasteiger partial charge < -0.3 is 4.74 Å². The summed E-state index contributed by atoms with van der Waals surface area (Å²) < 4.78 is 5.25. The minimum Gasteiger partial charge on any atom is -0.461 e. The lowest BCUT2D eigenvalue weighted by molar-refractivity contribution is -0.144. The molecule has 0 atom stereocenters. The molecule has 0 aliphatic rings. The van der Waals surface area contributed by atoms with Gasteiger partial charge in [0.25, 0.3) is 0 Å². The summed E-state index contributed by atoms with van der Waals surface area (Å²) in [4.78, 5) is 20.5. The Morgan fingerprint density at radius 2 is 2.08 bits per heavy atom. The Morgan fingerprint density at radius 1 is 1.21 bits per heavy atom. The lowest BCUT2D eigenvalue weighted by Gasteiger charge is -2.05. The van der Waals surface area contributed by atoms with Crippen LogP contribution in [0.1, 0.15) is 11.3 Å². The van der Waals surface area contributed by atoms with Crippen molar-refractivity contribution in [2.75, 3.05) is 0 Å². The van der Waals surface area contributed by atoms with Crippen molar-refractivity contribution in [1.29, 1.82) is 0 Å². The number of carbonyl (C=O) groups excluding carboxylic acids is 1. The van der Waals surface area contributed by atoms with Crippen molar-refractivity contribution >= 4 is 40.5 Å². The van der Waals surface area contributed by atoms with E-state index in [2.05, 4.69) is 9.97 Å². The molecule has 0 unspecified atom stereocenters. The molecule has 122 valence electrons. The number of ether oxygens (including phenoxy) is 1. The third kappa shape index (κ3) is 4.32. The zero-order valence-electron chi connectivity index (χ0n) is 12.4. The molecule has 3 aromatic rings. The quantitative estimate of drug-likeness (QED) is 0.598. The lowest BCUT2D eigenvalue weighted by Crippen LogP contribution is -2.08. The van der Waals surface area contributed by atoms with E-state index in [0.29, 0.717) is 15.7 Å². The van der Waals surface area contributed by atoms with E-state index in [-0.39, 0.29) is 19.0 Å². The van der Waals surface area contributed by atoms with Gasteiger partial charge in [-0.15, -0.1) is 11.3 Å². The van der Waals surface area contributed by atoms with Gasteiger partial charge in [-0.05, 0) is 29.8 Å². The summed E-state index contributed by atoms with van der Waals surface area (Å²) in [5, 5.41) is 3.58. The van der Waals surface area contributed by atoms with Crippen molar-refractivity contribution in [1.82, 2.24) is 9.97 Å². The Bertz CT molecular complexity index is 853. The highest BCUT2D eigenvalue weighted by atomic mass is 35.5. The molecule has 0 saturated carbocycles. The largest absolute Gasteiger partial charge is 0.461 e. The number of nitrogens with zero attached hydrogens (tertiary/aromatic N) is 2. The van der Waals surface area contributed by atoms with E-state index in [1.807, 2.05) is 17.5 Å². The van der Waals surface area contributed by atoms with Gasteiger partial charge in [-0.1, -0.05) is 29.3 Å². The van der Waals surface area contributed by atoms with E-state index in [1.54, 1.807) is 30.6 Å². The number of hydrogen-bond donors (Lipinski definition) is 0. The van der Waals surface area contributed by atoms with Gasteiger partial charge in [0.2, 0.25) is 0 Å². The molecule has 0 aliphatic heterocycles. The molecule has 0 spiro atoms. The van der Waals surface area contributed by atoms with Gasteiger partial charge >= 0.3 is 5.97 Å². The Balaban J connectivity index is 1.57. The van der Waals surface area contributed by atoms with Gasteiger partial charge in [0, 0.05) is 23.3 Å². The SMILES string of the molecule is O=C(Cc1csc(-c2cccnc2)n1)OCc1ccc(Cl)c(Cl)c1. The topological polar surface area (TPSA) is 52.1 Å². The normalized spacial score (nSPS) is 10.6. The summed E-state index contributed by atoms with van der Waals surface area (Å²) in [7, 11) is 0. The van der Waals surface area contributed by atoms with Crippen LogP contribution < -0.4 is 0 Å². The number of halogens is 2. The highest BCUT2D eigenvalue weighted by Crippen LogP contribution is 2.24. The van der Waals surface area contributed by atoms with E-state index < -0.39 is 0 Å². The number of pyridine rings is 1. The second-order valence-corrected chi connectivity index (χ2v) is 6.64. The van der Waals surface area contributed by atoms with Crippen molar-refractivity contribution in [2.24, 2.45) is 0 Å². The number of aromatic nitrogens is 2. The van der Waals surface area contributed by atoms with Gasteiger partial charge in [-0.2, -0.15) is 0 Å². The molecule has 3 rings (SSSR count). The third-order valence-corrected chi connectivity index (χ3v) is 4.85. The van der Waals surface area contributed by atoms with Crippen LogP contribution in [0.4, 0.5) is 0 Å². The Labute approximate surface area is 153 Å². The Kier molecular flexibility index (Phi) is 5.45. The van der Waals surface area contributed by atoms with Gasteiger partial charge in [-0.3, -0.25) is 9.78 Å². The van der Waals surface area contributed by atoms with Crippen molar-refractivity contribution < 1.29 is 9.53 Å². The van der Waals surface area contributed by atoms with Crippen LogP contribution in [0.5, 0.6) is 0 Å². The molecule has 0 amide bonds. The molecular weight excluding hydrogens is 367 g/mol. The van der Waals surface area contributed by atoms with Crippen LogP contribution in [-0.2, 0) is 22.6 Å². The third-order valence-electron chi connectivity index (χ3n) is 3.17. The molecule has 1 aromatic carbocycles. The monoisotopic (exact) mass is 378 g/mol. The first-order chi connectivity index (χ1) is 11.6. The number of hydrogen-bond acceptors (Lipinski definition) is 5. The van der Waals surface area contributed by atoms with Crippen LogP contribution in [-0.4, -0.2) is 15.9 Å². The molecule has 0 N–H and O–H groups in total. The van der Waals surface area contributed by atoms with Crippen LogP contribution in [0, 0.1) is 0 Å². The lowest BCUT2D eigenvalue weighted by atomic mass is 10.2. The highest BCUT2D eigenvalue weighted by Gasteiger charge is 2.11. The highest BCUT2D eigenvalue weighted by molar-refractivity contribution is 7.13. The molecule has 2 aromatic heterocycles. The number of rotatable bonds is 5.